The molecule has 1 atom stereocenters. The molecule has 0 saturated carbocycles. The fourth-order valence-electron chi connectivity index (χ4n) is 1.27. The van der Waals surface area contributed by atoms with Crippen LogP contribution in [0.25, 0.3) is 0 Å². The molecular formula is C9H17N3. The van der Waals surface area contributed by atoms with Crippen LogP contribution < -0.4 is 5.73 Å². The average Bonchev–Trinajstić information content (AvgIpc) is 2.37. The summed E-state index contributed by atoms with van der Waals surface area (Å²) in [7, 11) is 0. The minimum absolute atomic E-state index is 0.204. The Balaban J connectivity index is 2.63. The van der Waals surface area contributed by atoms with E-state index in [9.17, 15) is 0 Å². The van der Waals surface area contributed by atoms with Crippen LogP contribution in [0.15, 0.2) is 12.4 Å². The van der Waals surface area contributed by atoms with Gasteiger partial charge in [-0.3, -0.25) is 0 Å². The fourth-order valence-corrected chi connectivity index (χ4v) is 1.27. The Kier molecular flexibility index (Phi) is 3.29. The first kappa shape index (κ1) is 9.26. The molecule has 0 aliphatic carbocycles. The highest BCUT2D eigenvalue weighted by Crippen LogP contribution is 2.01. The van der Waals surface area contributed by atoms with Crippen LogP contribution in [0.3, 0.4) is 0 Å². The van der Waals surface area contributed by atoms with Crippen LogP contribution in [0.1, 0.15) is 26.1 Å². The van der Waals surface area contributed by atoms with E-state index < -0.39 is 0 Å². The summed E-state index contributed by atoms with van der Waals surface area (Å²) in [5.41, 5.74) is 5.70. The van der Waals surface area contributed by atoms with E-state index in [1.165, 1.54) is 0 Å². The molecule has 12 heavy (non-hydrogen) atoms. The summed E-state index contributed by atoms with van der Waals surface area (Å²) in [4.78, 5) is 4.27. The first-order valence-electron chi connectivity index (χ1n) is 4.49. The highest BCUT2D eigenvalue weighted by Gasteiger charge is 2.02. The van der Waals surface area contributed by atoms with Crippen LogP contribution in [-0.2, 0) is 13.0 Å². The predicted molar refractivity (Wildman–Crippen MR) is 49.9 cm³/mol. The number of nitrogens with two attached hydrogens (primary N) is 1. The molecule has 0 aromatic carbocycles. The standard InChI is InChI=1S/C9H17N3/c1-3-4-9-11-5-6-12(9)7-8(2)10/h5-6,8H,3-4,7,10H2,1-2H3/t8-/m0/s1. The molecule has 0 saturated heterocycles. The molecule has 1 aromatic heterocycles. The molecule has 0 aliphatic heterocycles. The molecule has 68 valence electrons. The Morgan fingerprint density at radius 3 is 3.00 bits per heavy atom. The first-order chi connectivity index (χ1) is 5.74. The van der Waals surface area contributed by atoms with Crippen LogP contribution in [0.5, 0.6) is 0 Å². The number of imidazole rings is 1. The van der Waals surface area contributed by atoms with E-state index in [2.05, 4.69) is 16.5 Å². The van der Waals surface area contributed by atoms with Gasteiger partial charge in [-0.2, -0.15) is 0 Å². The zero-order valence-electron chi connectivity index (χ0n) is 7.83. The maximum Gasteiger partial charge on any atom is 0.108 e. The molecule has 1 aromatic rings. The monoisotopic (exact) mass is 167 g/mol. The topological polar surface area (TPSA) is 43.8 Å². The van der Waals surface area contributed by atoms with Gasteiger partial charge in [-0.05, 0) is 13.3 Å². The van der Waals surface area contributed by atoms with Crippen molar-refractivity contribution >= 4 is 0 Å². The predicted octanol–water partition coefficient (Wildman–Crippen LogP) is 1.18. The molecule has 0 fully saturated rings. The second kappa shape index (κ2) is 4.26. The number of hydrogen-bond acceptors (Lipinski definition) is 2. The number of aryl methyl sites for hydroxylation is 1. The lowest BCUT2D eigenvalue weighted by Crippen LogP contribution is -2.22. The number of nitrogens with zero attached hydrogens (tertiary/aromatic N) is 2. The molecule has 0 aliphatic rings. The summed E-state index contributed by atoms with van der Waals surface area (Å²) >= 11 is 0. The lowest BCUT2D eigenvalue weighted by molar-refractivity contribution is 0.563. The second-order valence-electron chi connectivity index (χ2n) is 3.22. The van der Waals surface area contributed by atoms with Crippen molar-refractivity contribution in [2.45, 2.75) is 39.3 Å². The van der Waals surface area contributed by atoms with Crippen LogP contribution >= 0.6 is 0 Å². The molecule has 0 bridgehead atoms. The van der Waals surface area contributed by atoms with E-state index in [4.69, 9.17) is 5.73 Å². The van der Waals surface area contributed by atoms with Crippen LogP contribution in [0.2, 0.25) is 0 Å². The van der Waals surface area contributed by atoms with Crippen molar-refractivity contribution in [3.63, 3.8) is 0 Å². The summed E-state index contributed by atoms with van der Waals surface area (Å²) in [6.07, 6.45) is 6.01. The summed E-state index contributed by atoms with van der Waals surface area (Å²) < 4.78 is 2.13. The zero-order chi connectivity index (χ0) is 8.97. The highest BCUT2D eigenvalue weighted by molar-refractivity contribution is 4.92. The normalized spacial score (nSPS) is 13.2. The van der Waals surface area contributed by atoms with Gasteiger partial charge < -0.3 is 10.3 Å². The quantitative estimate of drug-likeness (QED) is 0.732. The third-order valence-electron chi connectivity index (χ3n) is 1.76. The SMILES string of the molecule is CCCc1nccn1C[C@H](C)N. The number of hydrogen-bond donors (Lipinski definition) is 1. The smallest absolute Gasteiger partial charge is 0.108 e. The van der Waals surface area contributed by atoms with Gasteiger partial charge in [-0.15, -0.1) is 0 Å². The van der Waals surface area contributed by atoms with Crippen molar-refractivity contribution in [1.82, 2.24) is 9.55 Å². The summed E-state index contributed by atoms with van der Waals surface area (Å²) in [5.74, 6) is 1.15. The molecule has 2 N–H and O–H groups in total. The molecule has 0 amide bonds. The Morgan fingerprint density at radius 1 is 1.67 bits per heavy atom. The van der Waals surface area contributed by atoms with Gasteiger partial charge in [0.1, 0.15) is 5.82 Å². The largest absolute Gasteiger partial charge is 0.333 e. The van der Waals surface area contributed by atoms with Gasteiger partial charge in [0.25, 0.3) is 0 Å². The summed E-state index contributed by atoms with van der Waals surface area (Å²) in [6, 6.07) is 0.204. The van der Waals surface area contributed by atoms with Gasteiger partial charge >= 0.3 is 0 Å². The Labute approximate surface area is 73.6 Å². The Morgan fingerprint density at radius 2 is 2.42 bits per heavy atom. The molecule has 0 radical (unpaired) electrons. The molecule has 3 heteroatoms. The van der Waals surface area contributed by atoms with Crippen molar-refractivity contribution in [1.29, 1.82) is 0 Å². The Bertz CT molecular complexity index is 227. The highest BCUT2D eigenvalue weighted by atomic mass is 15.1. The van der Waals surface area contributed by atoms with E-state index >= 15 is 0 Å². The van der Waals surface area contributed by atoms with Gasteiger partial charge in [0.15, 0.2) is 0 Å². The molecule has 0 unspecified atom stereocenters. The summed E-state index contributed by atoms with van der Waals surface area (Å²) in [6.45, 7) is 5.04. The van der Waals surface area contributed by atoms with Crippen LogP contribution in [0.4, 0.5) is 0 Å². The molecule has 1 heterocycles. The van der Waals surface area contributed by atoms with E-state index in [1.807, 2.05) is 19.3 Å². The molecular weight excluding hydrogens is 150 g/mol. The van der Waals surface area contributed by atoms with Crippen molar-refractivity contribution in [3.8, 4) is 0 Å². The minimum Gasteiger partial charge on any atom is -0.333 e. The molecule has 1 rings (SSSR count). The third-order valence-corrected chi connectivity index (χ3v) is 1.76. The summed E-state index contributed by atoms with van der Waals surface area (Å²) in [5, 5.41) is 0. The average molecular weight is 167 g/mol. The van der Waals surface area contributed by atoms with Gasteiger partial charge in [0.05, 0.1) is 0 Å². The van der Waals surface area contributed by atoms with Gasteiger partial charge in [-0.1, -0.05) is 6.92 Å². The van der Waals surface area contributed by atoms with Crippen molar-refractivity contribution in [2.24, 2.45) is 5.73 Å². The first-order valence-corrected chi connectivity index (χ1v) is 4.49. The van der Waals surface area contributed by atoms with Crippen molar-refractivity contribution < 1.29 is 0 Å². The van der Waals surface area contributed by atoms with Crippen molar-refractivity contribution in [3.05, 3.63) is 18.2 Å². The number of rotatable bonds is 4. The molecule has 3 nitrogen and oxygen atoms in total. The van der Waals surface area contributed by atoms with E-state index in [1.54, 1.807) is 0 Å². The zero-order valence-corrected chi connectivity index (χ0v) is 7.83. The third kappa shape index (κ3) is 2.34. The van der Waals surface area contributed by atoms with Gasteiger partial charge in [-0.25, -0.2) is 4.98 Å². The lowest BCUT2D eigenvalue weighted by atomic mass is 10.3. The van der Waals surface area contributed by atoms with E-state index in [-0.39, 0.29) is 6.04 Å². The van der Waals surface area contributed by atoms with Crippen LogP contribution in [0, 0.1) is 0 Å². The van der Waals surface area contributed by atoms with Crippen molar-refractivity contribution in [2.75, 3.05) is 0 Å². The molecule has 0 spiro atoms. The van der Waals surface area contributed by atoms with E-state index in [0.29, 0.717) is 0 Å². The van der Waals surface area contributed by atoms with Crippen LogP contribution in [-0.4, -0.2) is 15.6 Å². The maximum atomic E-state index is 5.70. The minimum atomic E-state index is 0.204. The van der Waals surface area contributed by atoms with E-state index in [0.717, 1.165) is 25.2 Å². The van der Waals surface area contributed by atoms with Gasteiger partial charge in [0.2, 0.25) is 0 Å². The second-order valence-corrected chi connectivity index (χ2v) is 3.22. The lowest BCUT2D eigenvalue weighted by Gasteiger charge is -2.09. The Hall–Kier alpha value is -0.830. The number of aromatic nitrogens is 2. The maximum absolute atomic E-state index is 5.70. The van der Waals surface area contributed by atoms with Gasteiger partial charge in [0, 0.05) is 31.4 Å². The fraction of sp³-hybridized carbons (Fsp3) is 0.667.